The third kappa shape index (κ3) is 2.90. The second kappa shape index (κ2) is 5.68. The molecule has 0 aromatic carbocycles. The highest BCUT2D eigenvalue weighted by Crippen LogP contribution is 2.13. The van der Waals surface area contributed by atoms with E-state index in [1.54, 1.807) is 12.1 Å². The van der Waals surface area contributed by atoms with Crippen molar-refractivity contribution in [2.75, 3.05) is 12.3 Å². The van der Waals surface area contributed by atoms with Gasteiger partial charge in [-0.15, -0.1) is 0 Å². The molecule has 8 nitrogen and oxygen atoms in total. The number of anilines is 1. The third-order valence-corrected chi connectivity index (χ3v) is 2.42. The van der Waals surface area contributed by atoms with E-state index in [0.717, 1.165) is 0 Å². The number of nitrogen functional groups attached to an aromatic ring is 1. The van der Waals surface area contributed by atoms with E-state index in [-0.39, 0.29) is 31.0 Å². The van der Waals surface area contributed by atoms with Crippen LogP contribution in [0.1, 0.15) is 22.7 Å². The van der Waals surface area contributed by atoms with E-state index in [2.05, 4.69) is 14.9 Å². The average molecular weight is 261 g/mol. The second-order valence-electron chi connectivity index (χ2n) is 3.71. The molecule has 0 unspecified atom stereocenters. The topological polar surface area (TPSA) is 122 Å². The van der Waals surface area contributed by atoms with Crippen LogP contribution in [0.4, 0.5) is 5.82 Å². The number of aromatic nitrogens is 2. The van der Waals surface area contributed by atoms with Crippen LogP contribution < -0.4 is 5.73 Å². The largest absolute Gasteiger partial charge is 0.467 e. The molecule has 0 aliphatic heterocycles. The first-order chi connectivity index (χ1) is 9.22. The van der Waals surface area contributed by atoms with Gasteiger partial charge in [0.05, 0.1) is 25.3 Å². The number of carbonyl (C=O) groups is 1. The van der Waals surface area contributed by atoms with Crippen molar-refractivity contribution in [3.8, 4) is 6.07 Å². The second-order valence-corrected chi connectivity index (χ2v) is 3.71. The molecule has 2 rings (SSSR count). The Kier molecular flexibility index (Phi) is 3.78. The van der Waals surface area contributed by atoms with E-state index in [9.17, 15) is 4.79 Å². The Balaban J connectivity index is 2.15. The van der Waals surface area contributed by atoms with Crippen LogP contribution in [0.5, 0.6) is 0 Å². The van der Waals surface area contributed by atoms with Crippen molar-refractivity contribution in [2.45, 2.75) is 13.0 Å². The number of hydrogen-bond acceptors (Lipinski definition) is 7. The minimum Gasteiger partial charge on any atom is -0.467 e. The Morgan fingerprint density at radius 3 is 2.95 bits per heavy atom. The van der Waals surface area contributed by atoms with E-state index in [1.165, 1.54) is 11.2 Å². The number of nitrogens with two attached hydrogens (primary N) is 1. The number of nitrogens with zero attached hydrogens (tertiary/aromatic N) is 4. The summed E-state index contributed by atoms with van der Waals surface area (Å²) in [4.78, 5) is 13.6. The number of furan rings is 1. The normalized spacial score (nSPS) is 10.1. The van der Waals surface area contributed by atoms with Crippen molar-refractivity contribution < 1.29 is 13.8 Å². The zero-order chi connectivity index (χ0) is 13.7. The van der Waals surface area contributed by atoms with E-state index >= 15 is 0 Å². The molecule has 0 saturated carbocycles. The molecule has 0 aliphatic rings. The summed E-state index contributed by atoms with van der Waals surface area (Å²) in [5, 5.41) is 15.4. The number of carbonyl (C=O) groups excluding carboxylic acids is 1. The molecule has 0 atom stereocenters. The Hall–Kier alpha value is -2.82. The van der Waals surface area contributed by atoms with Gasteiger partial charge in [0.1, 0.15) is 5.76 Å². The zero-order valence-corrected chi connectivity index (χ0v) is 9.94. The number of amides is 1. The number of rotatable bonds is 5. The molecule has 0 aliphatic carbocycles. The summed E-state index contributed by atoms with van der Waals surface area (Å²) < 4.78 is 9.57. The quantitative estimate of drug-likeness (QED) is 0.844. The van der Waals surface area contributed by atoms with Gasteiger partial charge in [-0.1, -0.05) is 0 Å². The van der Waals surface area contributed by atoms with Crippen LogP contribution in [0.15, 0.2) is 27.4 Å². The lowest BCUT2D eigenvalue weighted by Crippen LogP contribution is -2.32. The molecule has 2 aromatic rings. The van der Waals surface area contributed by atoms with E-state index in [1.807, 2.05) is 6.07 Å². The standard InChI is InChI=1S/C11H11N5O3/c12-4-2-5-16(7-8-3-1-6-18-8)11(17)9-10(13)15-19-14-9/h1,3,6H,2,5,7H2,(H2,13,15). The van der Waals surface area contributed by atoms with Gasteiger partial charge in [0.15, 0.2) is 0 Å². The number of nitriles is 1. The fraction of sp³-hybridized carbons (Fsp3) is 0.273. The van der Waals surface area contributed by atoms with Gasteiger partial charge in [0.2, 0.25) is 11.5 Å². The SMILES string of the molecule is N#CCCN(Cc1ccco1)C(=O)c1nonc1N. The molecule has 0 fully saturated rings. The van der Waals surface area contributed by atoms with Gasteiger partial charge in [-0.05, 0) is 22.4 Å². The summed E-state index contributed by atoms with van der Waals surface area (Å²) in [6.45, 7) is 0.460. The van der Waals surface area contributed by atoms with E-state index < -0.39 is 5.91 Å². The average Bonchev–Trinajstić information content (AvgIpc) is 3.05. The fourth-order valence-corrected chi connectivity index (χ4v) is 1.52. The van der Waals surface area contributed by atoms with Crippen LogP contribution in [0.2, 0.25) is 0 Å². The molecule has 0 saturated heterocycles. The molecule has 0 spiro atoms. The molecule has 98 valence electrons. The fourth-order valence-electron chi connectivity index (χ4n) is 1.52. The van der Waals surface area contributed by atoms with Crippen LogP contribution in [0, 0.1) is 11.3 Å². The lowest BCUT2D eigenvalue weighted by molar-refractivity contribution is 0.0725. The molecule has 2 aromatic heterocycles. The van der Waals surface area contributed by atoms with Gasteiger partial charge < -0.3 is 15.1 Å². The molecular formula is C11H11N5O3. The maximum absolute atomic E-state index is 12.2. The monoisotopic (exact) mass is 261 g/mol. The first-order valence-corrected chi connectivity index (χ1v) is 5.49. The van der Waals surface area contributed by atoms with Gasteiger partial charge >= 0.3 is 0 Å². The molecule has 8 heteroatoms. The summed E-state index contributed by atoms with van der Waals surface area (Å²) in [5.74, 6) is 0.0677. The molecule has 2 N–H and O–H groups in total. The van der Waals surface area contributed by atoms with Crippen molar-refractivity contribution in [3.05, 3.63) is 29.9 Å². The predicted octanol–water partition coefficient (Wildman–Crippen LogP) is 0.801. The summed E-state index contributed by atoms with van der Waals surface area (Å²) in [7, 11) is 0. The summed E-state index contributed by atoms with van der Waals surface area (Å²) in [6.07, 6.45) is 1.70. The summed E-state index contributed by atoms with van der Waals surface area (Å²) in [5.41, 5.74) is 5.41. The van der Waals surface area contributed by atoms with Gasteiger partial charge in [-0.3, -0.25) is 4.79 Å². The van der Waals surface area contributed by atoms with Crippen LogP contribution in [0.3, 0.4) is 0 Å². The molecule has 0 bridgehead atoms. The van der Waals surface area contributed by atoms with Crippen molar-refractivity contribution in [1.29, 1.82) is 5.26 Å². The highest BCUT2D eigenvalue weighted by molar-refractivity contribution is 5.96. The minimum atomic E-state index is -0.453. The molecule has 1 amide bonds. The molecule has 2 heterocycles. The number of hydrogen-bond donors (Lipinski definition) is 1. The molecule has 0 radical (unpaired) electrons. The van der Waals surface area contributed by atoms with Crippen LogP contribution >= 0.6 is 0 Å². The summed E-state index contributed by atoms with van der Waals surface area (Å²) >= 11 is 0. The van der Waals surface area contributed by atoms with Crippen LogP contribution in [-0.4, -0.2) is 27.7 Å². The Labute approximate surface area is 108 Å². The van der Waals surface area contributed by atoms with Crippen molar-refractivity contribution in [3.63, 3.8) is 0 Å². The zero-order valence-electron chi connectivity index (χ0n) is 9.94. The lowest BCUT2D eigenvalue weighted by atomic mass is 10.3. The van der Waals surface area contributed by atoms with Gasteiger partial charge in [-0.2, -0.15) is 5.26 Å². The predicted molar refractivity (Wildman–Crippen MR) is 62.4 cm³/mol. The minimum absolute atomic E-state index is 0.0653. The summed E-state index contributed by atoms with van der Waals surface area (Å²) in [6, 6.07) is 5.43. The maximum Gasteiger partial charge on any atom is 0.280 e. The maximum atomic E-state index is 12.2. The van der Waals surface area contributed by atoms with Gasteiger partial charge in [-0.25, -0.2) is 4.63 Å². The third-order valence-electron chi connectivity index (χ3n) is 2.42. The van der Waals surface area contributed by atoms with Gasteiger partial charge in [0, 0.05) is 6.54 Å². The van der Waals surface area contributed by atoms with E-state index in [4.69, 9.17) is 15.4 Å². The van der Waals surface area contributed by atoms with Crippen molar-refractivity contribution in [2.24, 2.45) is 0 Å². The van der Waals surface area contributed by atoms with Crippen LogP contribution in [0.25, 0.3) is 0 Å². The Morgan fingerprint density at radius 2 is 2.37 bits per heavy atom. The first-order valence-electron chi connectivity index (χ1n) is 5.49. The first kappa shape index (κ1) is 12.6. The van der Waals surface area contributed by atoms with E-state index in [0.29, 0.717) is 5.76 Å². The lowest BCUT2D eigenvalue weighted by Gasteiger charge is -2.18. The molecular weight excluding hydrogens is 250 g/mol. The van der Waals surface area contributed by atoms with Crippen molar-refractivity contribution >= 4 is 11.7 Å². The molecule has 19 heavy (non-hydrogen) atoms. The smallest absolute Gasteiger partial charge is 0.280 e. The Morgan fingerprint density at radius 1 is 1.53 bits per heavy atom. The highest BCUT2D eigenvalue weighted by atomic mass is 16.6. The van der Waals surface area contributed by atoms with Gasteiger partial charge in [0.25, 0.3) is 5.91 Å². The highest BCUT2D eigenvalue weighted by Gasteiger charge is 2.23. The Bertz CT molecular complexity index is 584. The van der Waals surface area contributed by atoms with Crippen molar-refractivity contribution in [1.82, 2.24) is 15.2 Å². The van der Waals surface area contributed by atoms with Crippen LogP contribution in [-0.2, 0) is 6.54 Å².